The number of nitrogens with one attached hydrogen (secondary N) is 1. The van der Waals surface area contributed by atoms with E-state index in [-0.39, 0.29) is 0 Å². The first-order valence-electron chi connectivity index (χ1n) is 7.44. The number of hydrogen-bond donors (Lipinski definition) is 1. The number of likely N-dealkylation sites (tertiary alicyclic amines) is 1. The van der Waals surface area contributed by atoms with Crippen molar-refractivity contribution < 1.29 is 0 Å². The summed E-state index contributed by atoms with van der Waals surface area (Å²) in [6, 6.07) is 2.92. The molecule has 3 rings (SSSR count). The monoisotopic (exact) mass is 263 g/mol. The van der Waals surface area contributed by atoms with Gasteiger partial charge in [-0.05, 0) is 19.5 Å². The molecule has 0 bridgehead atoms. The molecular formula is C14H25N5. The highest BCUT2D eigenvalue weighted by atomic mass is 15.3. The molecule has 0 aliphatic carbocycles. The minimum Gasteiger partial charge on any atom is -0.301 e. The lowest BCUT2D eigenvalue weighted by Crippen LogP contribution is -2.62. The smallest absolute Gasteiger partial charge is 0.0765 e. The average molecular weight is 263 g/mol. The molecular weight excluding hydrogens is 238 g/mol. The van der Waals surface area contributed by atoms with Crippen molar-refractivity contribution in [3.05, 3.63) is 17.5 Å². The van der Waals surface area contributed by atoms with Gasteiger partial charge in [0.25, 0.3) is 0 Å². The maximum absolute atomic E-state index is 4.31. The van der Waals surface area contributed by atoms with E-state index in [1.165, 1.54) is 51.5 Å². The topological polar surface area (TPSA) is 38.4 Å². The molecule has 1 N–H and O–H groups in total. The molecule has 0 amide bonds. The third-order valence-electron chi connectivity index (χ3n) is 4.45. The summed E-state index contributed by atoms with van der Waals surface area (Å²) in [6.07, 6.45) is 0. The Kier molecular flexibility index (Phi) is 3.86. The molecule has 0 atom stereocenters. The van der Waals surface area contributed by atoms with Gasteiger partial charge in [0, 0.05) is 57.5 Å². The first-order valence-corrected chi connectivity index (χ1v) is 7.44. The Morgan fingerprint density at radius 2 is 1.95 bits per heavy atom. The van der Waals surface area contributed by atoms with Crippen molar-refractivity contribution in [3.63, 3.8) is 0 Å². The first kappa shape index (κ1) is 13.1. The second-order valence-electron chi connectivity index (χ2n) is 5.86. The van der Waals surface area contributed by atoms with Gasteiger partial charge in [-0.2, -0.15) is 5.10 Å². The van der Waals surface area contributed by atoms with Gasteiger partial charge in [0.2, 0.25) is 0 Å². The van der Waals surface area contributed by atoms with Crippen LogP contribution in [0.2, 0.25) is 0 Å². The molecule has 19 heavy (non-hydrogen) atoms. The van der Waals surface area contributed by atoms with Crippen molar-refractivity contribution in [3.8, 4) is 0 Å². The van der Waals surface area contributed by atoms with E-state index in [1.54, 1.807) is 0 Å². The highest BCUT2D eigenvalue weighted by molar-refractivity contribution is 5.07. The lowest BCUT2D eigenvalue weighted by molar-refractivity contribution is 0.00157. The van der Waals surface area contributed by atoms with Crippen LogP contribution in [0.15, 0.2) is 6.07 Å². The van der Waals surface area contributed by atoms with Crippen LogP contribution < -0.4 is 0 Å². The minimum atomic E-state index is 0.777. The van der Waals surface area contributed by atoms with Gasteiger partial charge in [-0.25, -0.2) is 0 Å². The number of piperazine rings is 1. The Labute approximate surface area is 115 Å². The van der Waals surface area contributed by atoms with Crippen LogP contribution in [0.3, 0.4) is 0 Å². The predicted molar refractivity (Wildman–Crippen MR) is 76.1 cm³/mol. The van der Waals surface area contributed by atoms with Crippen LogP contribution in [0.4, 0.5) is 0 Å². The molecule has 2 fully saturated rings. The van der Waals surface area contributed by atoms with E-state index in [0.29, 0.717) is 0 Å². The summed E-state index contributed by atoms with van der Waals surface area (Å²) < 4.78 is 0. The van der Waals surface area contributed by atoms with Crippen molar-refractivity contribution in [1.82, 2.24) is 24.9 Å². The SMILES string of the molecule is CCN1CCN(C2CN(Cc3cc(C)[nH]n3)C2)CC1. The zero-order chi connectivity index (χ0) is 13.2. The van der Waals surface area contributed by atoms with Crippen molar-refractivity contribution in [1.29, 1.82) is 0 Å². The highest BCUT2D eigenvalue weighted by Crippen LogP contribution is 2.19. The summed E-state index contributed by atoms with van der Waals surface area (Å²) in [5, 5.41) is 7.32. The lowest BCUT2D eigenvalue weighted by Gasteiger charge is -2.48. The van der Waals surface area contributed by atoms with Gasteiger partial charge in [0.15, 0.2) is 0 Å². The Morgan fingerprint density at radius 3 is 2.53 bits per heavy atom. The largest absolute Gasteiger partial charge is 0.301 e. The molecule has 5 heteroatoms. The van der Waals surface area contributed by atoms with Crippen molar-refractivity contribution in [2.75, 3.05) is 45.8 Å². The summed E-state index contributed by atoms with van der Waals surface area (Å²) >= 11 is 0. The predicted octanol–water partition coefficient (Wildman–Crippen LogP) is 0.540. The van der Waals surface area contributed by atoms with Gasteiger partial charge in [0.1, 0.15) is 0 Å². The molecule has 0 saturated carbocycles. The molecule has 1 aromatic rings. The fourth-order valence-corrected chi connectivity index (χ4v) is 3.13. The summed E-state index contributed by atoms with van der Waals surface area (Å²) in [6.45, 7) is 13.9. The van der Waals surface area contributed by atoms with Gasteiger partial charge in [0.05, 0.1) is 5.69 Å². The zero-order valence-electron chi connectivity index (χ0n) is 12.1. The third-order valence-corrected chi connectivity index (χ3v) is 4.45. The van der Waals surface area contributed by atoms with E-state index in [1.807, 2.05) is 0 Å². The van der Waals surface area contributed by atoms with Crippen molar-refractivity contribution >= 4 is 0 Å². The fourth-order valence-electron chi connectivity index (χ4n) is 3.13. The van der Waals surface area contributed by atoms with E-state index < -0.39 is 0 Å². The van der Waals surface area contributed by atoms with Crippen LogP contribution in [0, 0.1) is 6.92 Å². The maximum atomic E-state index is 4.31. The molecule has 0 radical (unpaired) electrons. The maximum Gasteiger partial charge on any atom is 0.0765 e. The van der Waals surface area contributed by atoms with E-state index >= 15 is 0 Å². The Morgan fingerprint density at radius 1 is 1.21 bits per heavy atom. The quantitative estimate of drug-likeness (QED) is 0.860. The molecule has 0 aromatic carbocycles. The summed E-state index contributed by atoms with van der Waals surface area (Å²) in [5.74, 6) is 0. The molecule has 5 nitrogen and oxygen atoms in total. The number of hydrogen-bond acceptors (Lipinski definition) is 4. The Balaban J connectivity index is 1.41. The second-order valence-corrected chi connectivity index (χ2v) is 5.86. The van der Waals surface area contributed by atoms with E-state index in [0.717, 1.165) is 18.3 Å². The number of aromatic amines is 1. The minimum absolute atomic E-state index is 0.777. The molecule has 2 aliphatic heterocycles. The highest BCUT2D eigenvalue weighted by Gasteiger charge is 2.33. The van der Waals surface area contributed by atoms with Gasteiger partial charge in [-0.3, -0.25) is 14.9 Å². The first-order chi connectivity index (χ1) is 9.24. The van der Waals surface area contributed by atoms with Gasteiger partial charge in [-0.15, -0.1) is 0 Å². The van der Waals surface area contributed by atoms with Crippen molar-refractivity contribution in [2.24, 2.45) is 0 Å². The van der Waals surface area contributed by atoms with Gasteiger partial charge < -0.3 is 4.90 Å². The molecule has 2 aliphatic rings. The molecule has 0 unspecified atom stereocenters. The standard InChI is InChI=1S/C14H25N5/c1-3-17-4-6-19(7-5-17)14-10-18(11-14)9-13-8-12(2)15-16-13/h8,14H,3-7,9-11H2,1-2H3,(H,15,16). The Bertz CT molecular complexity index is 402. The van der Waals surface area contributed by atoms with Crippen LogP contribution in [0.5, 0.6) is 0 Å². The third kappa shape index (κ3) is 2.99. The van der Waals surface area contributed by atoms with Crippen molar-refractivity contribution in [2.45, 2.75) is 26.4 Å². The number of H-pyrrole nitrogens is 1. The van der Waals surface area contributed by atoms with Crippen LogP contribution in [-0.2, 0) is 6.54 Å². The van der Waals surface area contributed by atoms with E-state index in [4.69, 9.17) is 0 Å². The Hall–Kier alpha value is -0.910. The van der Waals surface area contributed by atoms with E-state index in [2.05, 4.69) is 44.8 Å². The number of aromatic nitrogens is 2. The number of likely N-dealkylation sites (N-methyl/N-ethyl adjacent to an activating group) is 1. The number of nitrogens with zero attached hydrogens (tertiary/aromatic N) is 4. The molecule has 2 saturated heterocycles. The van der Waals surface area contributed by atoms with Crippen LogP contribution in [-0.4, -0.2) is 76.8 Å². The van der Waals surface area contributed by atoms with Crippen LogP contribution >= 0.6 is 0 Å². The molecule has 1 aromatic heterocycles. The number of rotatable bonds is 4. The van der Waals surface area contributed by atoms with Gasteiger partial charge in [-0.1, -0.05) is 6.92 Å². The number of aryl methyl sites for hydroxylation is 1. The summed E-state index contributed by atoms with van der Waals surface area (Å²) in [7, 11) is 0. The lowest BCUT2D eigenvalue weighted by atomic mass is 10.1. The fraction of sp³-hybridized carbons (Fsp3) is 0.786. The zero-order valence-corrected chi connectivity index (χ0v) is 12.1. The molecule has 106 valence electrons. The molecule has 0 spiro atoms. The molecule has 3 heterocycles. The second kappa shape index (κ2) is 5.61. The summed E-state index contributed by atoms with van der Waals surface area (Å²) in [5.41, 5.74) is 2.33. The normalized spacial score (nSPS) is 23.7. The summed E-state index contributed by atoms with van der Waals surface area (Å²) in [4.78, 5) is 7.70. The average Bonchev–Trinajstić information content (AvgIpc) is 2.79. The van der Waals surface area contributed by atoms with E-state index in [9.17, 15) is 0 Å². The van der Waals surface area contributed by atoms with Gasteiger partial charge >= 0.3 is 0 Å². The van der Waals surface area contributed by atoms with Crippen LogP contribution in [0.1, 0.15) is 18.3 Å². The van der Waals surface area contributed by atoms with Crippen LogP contribution in [0.25, 0.3) is 0 Å².